The van der Waals surface area contributed by atoms with Gasteiger partial charge in [-0.3, -0.25) is 0 Å². The highest BCUT2D eigenvalue weighted by atomic mass is 16.5. The molecule has 0 aliphatic rings. The first-order valence-corrected chi connectivity index (χ1v) is 8.09. The van der Waals surface area contributed by atoms with Crippen molar-refractivity contribution in [1.29, 1.82) is 0 Å². The predicted octanol–water partition coefficient (Wildman–Crippen LogP) is 3.60. The van der Waals surface area contributed by atoms with E-state index in [1.807, 2.05) is 19.1 Å². The quantitative estimate of drug-likeness (QED) is 0.731. The summed E-state index contributed by atoms with van der Waals surface area (Å²) in [5.74, 6) is 0.854. The fourth-order valence-electron chi connectivity index (χ4n) is 2.67. The molecule has 0 radical (unpaired) electrons. The lowest BCUT2D eigenvalue weighted by molar-refractivity contribution is 0.0939. The third-order valence-electron chi connectivity index (χ3n) is 4.50. The first-order chi connectivity index (χ1) is 9.96. The van der Waals surface area contributed by atoms with E-state index in [1.165, 1.54) is 5.56 Å². The molecule has 21 heavy (non-hydrogen) atoms. The monoisotopic (exact) mass is 293 g/mol. The fourth-order valence-corrected chi connectivity index (χ4v) is 2.67. The Hall–Kier alpha value is -1.06. The molecule has 0 aliphatic heterocycles. The lowest BCUT2D eigenvalue weighted by atomic mass is 9.89. The van der Waals surface area contributed by atoms with E-state index in [9.17, 15) is 5.11 Å². The number of aryl methyl sites for hydroxylation is 2. The summed E-state index contributed by atoms with van der Waals surface area (Å²) in [5, 5.41) is 13.6. The zero-order valence-electron chi connectivity index (χ0n) is 14.2. The van der Waals surface area contributed by atoms with Gasteiger partial charge in [0.1, 0.15) is 18.5 Å². The van der Waals surface area contributed by atoms with Crippen LogP contribution < -0.4 is 10.1 Å². The number of hydrogen-bond acceptors (Lipinski definition) is 3. The van der Waals surface area contributed by atoms with Gasteiger partial charge in [-0.25, -0.2) is 0 Å². The van der Waals surface area contributed by atoms with Crippen molar-refractivity contribution in [3.63, 3.8) is 0 Å². The molecule has 1 aromatic carbocycles. The first kappa shape index (κ1) is 18.0. The summed E-state index contributed by atoms with van der Waals surface area (Å²) in [6, 6.07) is 6.10. The highest BCUT2D eigenvalue weighted by Gasteiger charge is 2.23. The molecule has 0 bridgehead atoms. The number of hydrogen-bond donors (Lipinski definition) is 2. The molecule has 3 nitrogen and oxygen atoms in total. The minimum absolute atomic E-state index is 0.140. The van der Waals surface area contributed by atoms with E-state index in [0.717, 1.165) is 30.6 Å². The smallest absolute Gasteiger partial charge is 0.122 e. The number of aliphatic hydroxyl groups excluding tert-OH is 1. The van der Waals surface area contributed by atoms with Crippen molar-refractivity contribution in [2.45, 2.75) is 65.5 Å². The molecule has 0 aliphatic carbocycles. The summed E-state index contributed by atoms with van der Waals surface area (Å²) in [4.78, 5) is 0. The molecule has 1 atom stereocenters. The maximum atomic E-state index is 10.1. The van der Waals surface area contributed by atoms with Crippen LogP contribution in [0.2, 0.25) is 0 Å². The Bertz CT molecular complexity index is 419. The Morgan fingerprint density at radius 1 is 1.14 bits per heavy atom. The highest BCUT2D eigenvalue weighted by molar-refractivity contribution is 5.35. The third kappa shape index (κ3) is 5.33. The van der Waals surface area contributed by atoms with Crippen LogP contribution in [0.25, 0.3) is 0 Å². The summed E-state index contributed by atoms with van der Waals surface area (Å²) in [7, 11) is 0. The summed E-state index contributed by atoms with van der Waals surface area (Å²) >= 11 is 0. The summed E-state index contributed by atoms with van der Waals surface area (Å²) in [5.41, 5.74) is 2.47. The van der Waals surface area contributed by atoms with Gasteiger partial charge in [0.05, 0.1) is 0 Å². The molecule has 0 amide bonds. The highest BCUT2D eigenvalue weighted by Crippen LogP contribution is 2.20. The number of aliphatic hydroxyl groups is 1. The van der Waals surface area contributed by atoms with Crippen LogP contribution >= 0.6 is 0 Å². The molecule has 3 heteroatoms. The van der Waals surface area contributed by atoms with Crippen molar-refractivity contribution in [2.24, 2.45) is 0 Å². The molecule has 0 saturated carbocycles. The molecule has 0 aromatic heterocycles. The summed E-state index contributed by atoms with van der Waals surface area (Å²) < 4.78 is 5.73. The number of nitrogens with one attached hydrogen (secondary N) is 1. The van der Waals surface area contributed by atoms with Gasteiger partial charge in [0.15, 0.2) is 0 Å². The minimum Gasteiger partial charge on any atom is -0.491 e. The molecule has 1 aromatic rings. The third-order valence-corrected chi connectivity index (χ3v) is 4.50. The van der Waals surface area contributed by atoms with Crippen molar-refractivity contribution in [3.8, 4) is 5.75 Å². The fraction of sp³-hybridized carbons (Fsp3) is 0.667. The van der Waals surface area contributed by atoms with Crippen molar-refractivity contribution in [2.75, 3.05) is 13.2 Å². The van der Waals surface area contributed by atoms with Gasteiger partial charge in [-0.1, -0.05) is 38.5 Å². The second kappa shape index (κ2) is 8.40. The number of ether oxygens (including phenoxy) is 1. The summed E-state index contributed by atoms with van der Waals surface area (Å²) in [6.07, 6.45) is 2.73. The van der Waals surface area contributed by atoms with Gasteiger partial charge in [-0.15, -0.1) is 0 Å². The largest absolute Gasteiger partial charge is 0.491 e. The van der Waals surface area contributed by atoms with E-state index in [0.29, 0.717) is 13.2 Å². The molecule has 2 N–H and O–H groups in total. The molecule has 0 saturated heterocycles. The van der Waals surface area contributed by atoms with Crippen molar-refractivity contribution < 1.29 is 9.84 Å². The second-order valence-electron chi connectivity index (χ2n) is 5.96. The van der Waals surface area contributed by atoms with Crippen molar-refractivity contribution in [3.05, 3.63) is 29.3 Å². The van der Waals surface area contributed by atoms with Crippen LogP contribution in [0, 0.1) is 13.8 Å². The normalized spacial score (nSPS) is 13.2. The van der Waals surface area contributed by atoms with E-state index in [2.05, 4.69) is 39.1 Å². The number of β-amino-alcohol motifs (C(OH)–C–C–N with tert-alkyl or cyclic N) is 1. The Kier molecular flexibility index (Phi) is 7.20. The standard InChI is InChI=1S/C18H31NO2/c1-6-18(7-2,8-3)19-12-16(20)13-21-17-10-9-14(4)11-15(17)5/h9-11,16,19-20H,6-8,12-13H2,1-5H3. The Labute approximate surface area is 129 Å². The van der Waals surface area contributed by atoms with Crippen molar-refractivity contribution >= 4 is 0 Å². The molecule has 0 heterocycles. The van der Waals surface area contributed by atoms with Crippen LogP contribution in [0.3, 0.4) is 0 Å². The molecule has 1 unspecified atom stereocenters. The van der Waals surface area contributed by atoms with Gasteiger partial charge >= 0.3 is 0 Å². The van der Waals surface area contributed by atoms with Crippen LogP contribution in [-0.4, -0.2) is 29.9 Å². The van der Waals surface area contributed by atoms with E-state index >= 15 is 0 Å². The second-order valence-corrected chi connectivity index (χ2v) is 5.96. The predicted molar refractivity (Wildman–Crippen MR) is 89.0 cm³/mol. The van der Waals surface area contributed by atoms with Crippen LogP contribution in [0.5, 0.6) is 5.75 Å². The maximum Gasteiger partial charge on any atom is 0.122 e. The van der Waals surface area contributed by atoms with Gasteiger partial charge in [0, 0.05) is 12.1 Å². The van der Waals surface area contributed by atoms with Gasteiger partial charge in [0.2, 0.25) is 0 Å². The van der Waals surface area contributed by atoms with E-state index in [1.54, 1.807) is 0 Å². The molecule has 1 rings (SSSR count). The molecular formula is C18H31NO2. The van der Waals surface area contributed by atoms with Crippen LogP contribution in [-0.2, 0) is 0 Å². The SMILES string of the molecule is CCC(CC)(CC)NCC(O)COc1ccc(C)cc1C. The zero-order valence-corrected chi connectivity index (χ0v) is 14.2. The topological polar surface area (TPSA) is 41.5 Å². The minimum atomic E-state index is -0.491. The van der Waals surface area contributed by atoms with Crippen molar-refractivity contribution in [1.82, 2.24) is 5.32 Å². The molecular weight excluding hydrogens is 262 g/mol. The van der Waals surface area contributed by atoms with E-state index < -0.39 is 6.10 Å². The first-order valence-electron chi connectivity index (χ1n) is 8.09. The Morgan fingerprint density at radius 3 is 2.29 bits per heavy atom. The number of benzene rings is 1. The van der Waals surface area contributed by atoms with Gasteiger partial charge in [0.25, 0.3) is 0 Å². The Morgan fingerprint density at radius 2 is 1.76 bits per heavy atom. The van der Waals surface area contributed by atoms with Crippen LogP contribution in [0.15, 0.2) is 18.2 Å². The zero-order chi connectivity index (χ0) is 15.9. The van der Waals surface area contributed by atoms with E-state index in [-0.39, 0.29) is 5.54 Å². The van der Waals surface area contributed by atoms with Crippen LogP contribution in [0.4, 0.5) is 0 Å². The lowest BCUT2D eigenvalue weighted by Gasteiger charge is -2.33. The molecule has 0 fully saturated rings. The maximum absolute atomic E-state index is 10.1. The molecule has 0 spiro atoms. The van der Waals surface area contributed by atoms with Gasteiger partial charge < -0.3 is 15.2 Å². The average molecular weight is 293 g/mol. The average Bonchev–Trinajstić information content (AvgIpc) is 2.48. The van der Waals surface area contributed by atoms with E-state index in [4.69, 9.17) is 4.74 Å². The lowest BCUT2D eigenvalue weighted by Crippen LogP contribution is -2.47. The number of rotatable bonds is 9. The Balaban J connectivity index is 2.45. The van der Waals surface area contributed by atoms with Gasteiger partial charge in [-0.05, 0) is 44.7 Å². The van der Waals surface area contributed by atoms with Gasteiger partial charge in [-0.2, -0.15) is 0 Å². The van der Waals surface area contributed by atoms with Crippen LogP contribution in [0.1, 0.15) is 51.2 Å². The molecule has 120 valence electrons. The summed E-state index contributed by atoms with van der Waals surface area (Å²) in [6.45, 7) is 11.6.